The van der Waals surface area contributed by atoms with E-state index in [0.29, 0.717) is 17.3 Å². The normalized spacial score (nSPS) is 10.6. The summed E-state index contributed by atoms with van der Waals surface area (Å²) in [4.78, 5) is 13.8. The van der Waals surface area contributed by atoms with Crippen LogP contribution in [0.2, 0.25) is 0 Å². The molecular weight excluding hydrogens is 212 g/mol. The van der Waals surface area contributed by atoms with Gasteiger partial charge < -0.3 is 10.6 Å². The zero-order chi connectivity index (χ0) is 13.0. The number of carbonyl (C=O) groups excluding carboxylic acids is 1. The van der Waals surface area contributed by atoms with E-state index in [0.717, 1.165) is 18.7 Å². The van der Waals surface area contributed by atoms with Crippen molar-refractivity contribution in [3.63, 3.8) is 0 Å². The summed E-state index contributed by atoms with van der Waals surface area (Å²) < 4.78 is 0. The minimum Gasteiger partial charge on any atom is -0.398 e. The average molecular weight is 234 g/mol. The minimum atomic E-state index is 0.0181. The highest BCUT2D eigenvalue weighted by Crippen LogP contribution is 2.23. The summed E-state index contributed by atoms with van der Waals surface area (Å²) >= 11 is 0. The minimum absolute atomic E-state index is 0.0181. The Morgan fingerprint density at radius 3 is 2.53 bits per heavy atom. The molecule has 17 heavy (non-hydrogen) atoms. The Morgan fingerprint density at radius 1 is 1.41 bits per heavy atom. The first-order valence-electron chi connectivity index (χ1n) is 6.14. The van der Waals surface area contributed by atoms with Crippen LogP contribution in [0, 0.1) is 0 Å². The van der Waals surface area contributed by atoms with E-state index in [4.69, 9.17) is 5.73 Å². The number of hydrogen-bond acceptors (Lipinski definition) is 3. The highest BCUT2D eigenvalue weighted by Gasteiger charge is 2.12. The molecule has 1 aromatic carbocycles. The van der Waals surface area contributed by atoms with Crippen LogP contribution in [-0.2, 0) is 0 Å². The maximum absolute atomic E-state index is 11.5. The average Bonchev–Trinajstić information content (AvgIpc) is 2.26. The quantitative estimate of drug-likeness (QED) is 0.629. The highest BCUT2D eigenvalue weighted by molar-refractivity contribution is 6.00. The van der Waals surface area contributed by atoms with Gasteiger partial charge in [0.2, 0.25) is 0 Å². The molecule has 0 aliphatic heterocycles. The van der Waals surface area contributed by atoms with Gasteiger partial charge in [-0.15, -0.1) is 0 Å². The summed E-state index contributed by atoms with van der Waals surface area (Å²) in [6.45, 7) is 8.99. The lowest BCUT2D eigenvalue weighted by atomic mass is 10.1. The van der Waals surface area contributed by atoms with Crippen molar-refractivity contribution >= 4 is 17.2 Å². The molecule has 3 heteroatoms. The van der Waals surface area contributed by atoms with Crippen molar-refractivity contribution < 1.29 is 4.79 Å². The van der Waals surface area contributed by atoms with Gasteiger partial charge in [-0.3, -0.25) is 4.79 Å². The number of anilines is 2. The molecule has 3 nitrogen and oxygen atoms in total. The van der Waals surface area contributed by atoms with Crippen LogP contribution in [0.5, 0.6) is 0 Å². The van der Waals surface area contributed by atoms with E-state index in [9.17, 15) is 4.79 Å². The fourth-order valence-corrected chi connectivity index (χ4v) is 1.95. The molecule has 0 spiro atoms. The molecule has 0 aromatic heterocycles. The van der Waals surface area contributed by atoms with Gasteiger partial charge in [-0.2, -0.15) is 0 Å². The standard InChI is InChI=1S/C14H22N2O/c1-5-8-16(10(2)3)12-6-7-14(15)13(9-12)11(4)17/h6-7,9-10H,5,8,15H2,1-4H3. The molecule has 0 bridgehead atoms. The van der Waals surface area contributed by atoms with Crippen LogP contribution < -0.4 is 10.6 Å². The number of hydrogen-bond donors (Lipinski definition) is 1. The van der Waals surface area contributed by atoms with Crippen LogP contribution in [-0.4, -0.2) is 18.4 Å². The molecular formula is C14H22N2O. The van der Waals surface area contributed by atoms with E-state index in [1.807, 2.05) is 18.2 Å². The monoisotopic (exact) mass is 234 g/mol. The van der Waals surface area contributed by atoms with Crippen molar-refractivity contribution in [3.8, 4) is 0 Å². The van der Waals surface area contributed by atoms with Crippen molar-refractivity contribution in [2.75, 3.05) is 17.2 Å². The first-order chi connectivity index (χ1) is 7.97. The molecule has 0 atom stereocenters. The smallest absolute Gasteiger partial charge is 0.161 e. The van der Waals surface area contributed by atoms with Crippen LogP contribution >= 0.6 is 0 Å². The molecule has 0 amide bonds. The summed E-state index contributed by atoms with van der Waals surface area (Å²) in [5.41, 5.74) is 8.04. The molecule has 0 radical (unpaired) electrons. The van der Waals surface area contributed by atoms with Crippen molar-refractivity contribution in [1.29, 1.82) is 0 Å². The number of nitrogens with two attached hydrogens (primary N) is 1. The van der Waals surface area contributed by atoms with Gasteiger partial charge in [0.1, 0.15) is 0 Å². The van der Waals surface area contributed by atoms with Gasteiger partial charge in [0.05, 0.1) is 0 Å². The zero-order valence-electron chi connectivity index (χ0n) is 11.2. The summed E-state index contributed by atoms with van der Waals surface area (Å²) in [5, 5.41) is 0. The second kappa shape index (κ2) is 5.71. The Hall–Kier alpha value is -1.51. The van der Waals surface area contributed by atoms with Crippen molar-refractivity contribution in [1.82, 2.24) is 0 Å². The number of rotatable bonds is 5. The van der Waals surface area contributed by atoms with Gasteiger partial charge in [0, 0.05) is 29.5 Å². The molecule has 0 heterocycles. The number of Topliss-reactive ketones (excluding diaryl/α,β-unsaturated/α-hetero) is 1. The number of benzene rings is 1. The lowest BCUT2D eigenvalue weighted by Crippen LogP contribution is -2.31. The van der Waals surface area contributed by atoms with Gasteiger partial charge in [-0.25, -0.2) is 0 Å². The zero-order valence-corrected chi connectivity index (χ0v) is 11.2. The molecule has 1 rings (SSSR count). The van der Waals surface area contributed by atoms with Crippen LogP contribution in [0.3, 0.4) is 0 Å². The molecule has 0 aliphatic rings. The summed E-state index contributed by atoms with van der Waals surface area (Å²) in [5.74, 6) is 0.0181. The van der Waals surface area contributed by atoms with Gasteiger partial charge in [0.25, 0.3) is 0 Å². The predicted octanol–water partition coefficient (Wildman–Crippen LogP) is 3.10. The predicted molar refractivity (Wildman–Crippen MR) is 73.6 cm³/mol. The number of carbonyl (C=O) groups is 1. The van der Waals surface area contributed by atoms with E-state index in [1.165, 1.54) is 0 Å². The Kier molecular flexibility index (Phi) is 4.55. The van der Waals surface area contributed by atoms with E-state index in [-0.39, 0.29) is 5.78 Å². The first-order valence-corrected chi connectivity index (χ1v) is 6.14. The number of nitrogen functional groups attached to an aromatic ring is 1. The maximum Gasteiger partial charge on any atom is 0.161 e. The number of nitrogens with zero attached hydrogens (tertiary/aromatic N) is 1. The fraction of sp³-hybridized carbons (Fsp3) is 0.500. The van der Waals surface area contributed by atoms with Gasteiger partial charge in [0.15, 0.2) is 5.78 Å². The molecule has 94 valence electrons. The molecule has 1 aromatic rings. The summed E-state index contributed by atoms with van der Waals surface area (Å²) in [6.07, 6.45) is 1.08. The van der Waals surface area contributed by atoms with Crippen molar-refractivity contribution in [3.05, 3.63) is 23.8 Å². The highest BCUT2D eigenvalue weighted by atomic mass is 16.1. The third kappa shape index (κ3) is 3.22. The Bertz CT molecular complexity index is 399. The van der Waals surface area contributed by atoms with E-state index in [1.54, 1.807) is 6.92 Å². The largest absolute Gasteiger partial charge is 0.398 e. The lowest BCUT2D eigenvalue weighted by Gasteiger charge is -2.29. The fourth-order valence-electron chi connectivity index (χ4n) is 1.95. The molecule has 0 saturated heterocycles. The molecule has 0 aliphatic carbocycles. The van der Waals surface area contributed by atoms with Crippen molar-refractivity contribution in [2.45, 2.75) is 40.2 Å². The topological polar surface area (TPSA) is 46.3 Å². The molecule has 0 saturated carbocycles. The first kappa shape index (κ1) is 13.6. The van der Waals surface area contributed by atoms with Crippen LogP contribution in [0.15, 0.2) is 18.2 Å². The lowest BCUT2D eigenvalue weighted by molar-refractivity contribution is 0.101. The third-order valence-corrected chi connectivity index (χ3v) is 2.84. The maximum atomic E-state index is 11.5. The second-order valence-electron chi connectivity index (χ2n) is 4.61. The number of ketones is 1. The van der Waals surface area contributed by atoms with Crippen LogP contribution in [0.4, 0.5) is 11.4 Å². The Balaban J connectivity index is 3.12. The molecule has 2 N–H and O–H groups in total. The van der Waals surface area contributed by atoms with E-state index >= 15 is 0 Å². The second-order valence-corrected chi connectivity index (χ2v) is 4.61. The SMILES string of the molecule is CCCN(c1ccc(N)c(C(C)=O)c1)C(C)C. The van der Waals surface area contributed by atoms with E-state index in [2.05, 4.69) is 25.7 Å². The van der Waals surface area contributed by atoms with Crippen LogP contribution in [0.25, 0.3) is 0 Å². The van der Waals surface area contributed by atoms with E-state index < -0.39 is 0 Å². The molecule has 0 fully saturated rings. The van der Waals surface area contributed by atoms with Gasteiger partial charge in [-0.1, -0.05) is 6.92 Å². The Morgan fingerprint density at radius 2 is 2.06 bits per heavy atom. The van der Waals surface area contributed by atoms with Gasteiger partial charge in [-0.05, 0) is 45.4 Å². The van der Waals surface area contributed by atoms with Crippen LogP contribution in [0.1, 0.15) is 44.5 Å². The Labute approximate surface area is 104 Å². The summed E-state index contributed by atoms with van der Waals surface area (Å²) in [7, 11) is 0. The summed E-state index contributed by atoms with van der Waals surface area (Å²) in [6, 6.07) is 6.11. The molecule has 0 unspecified atom stereocenters. The van der Waals surface area contributed by atoms with Crippen molar-refractivity contribution in [2.24, 2.45) is 0 Å². The third-order valence-electron chi connectivity index (χ3n) is 2.84. The van der Waals surface area contributed by atoms with Gasteiger partial charge >= 0.3 is 0 Å².